The summed E-state index contributed by atoms with van der Waals surface area (Å²) >= 11 is 0. The molecule has 3 aromatic heterocycles. The van der Waals surface area contributed by atoms with Gasteiger partial charge >= 0.3 is 0 Å². The predicted molar refractivity (Wildman–Crippen MR) is 106 cm³/mol. The first-order valence-corrected chi connectivity index (χ1v) is 9.76. The zero-order chi connectivity index (χ0) is 19.3. The molecule has 1 fully saturated rings. The third-order valence-corrected chi connectivity index (χ3v) is 6.18. The number of hydrogen-bond donors (Lipinski definition) is 4. The molecule has 0 aromatic carbocycles. The minimum atomic E-state index is -0.834. The predicted octanol–water partition coefficient (Wildman–Crippen LogP) is 1.29. The van der Waals surface area contributed by atoms with Crippen LogP contribution in [0, 0.1) is 5.92 Å². The number of aromatic nitrogens is 4. The summed E-state index contributed by atoms with van der Waals surface area (Å²) in [5.41, 5.74) is 9.06. The number of nitrogens with zero attached hydrogens (tertiary/aromatic N) is 4. The Balaban J connectivity index is 1.33. The van der Waals surface area contributed by atoms with E-state index < -0.39 is 12.2 Å². The fraction of sp³-hybridized carbons (Fsp3) is 0.450. The number of nitrogen functional groups attached to an aromatic ring is 1. The maximum Gasteiger partial charge on any atom is 0.145 e. The largest absolute Gasteiger partial charge is 0.390 e. The molecule has 1 aliphatic carbocycles. The van der Waals surface area contributed by atoms with Gasteiger partial charge in [0.15, 0.2) is 0 Å². The van der Waals surface area contributed by atoms with Gasteiger partial charge in [-0.05, 0) is 48.8 Å². The Morgan fingerprint density at radius 1 is 1.21 bits per heavy atom. The Bertz CT molecular complexity index is 1020. The van der Waals surface area contributed by atoms with Gasteiger partial charge in [0, 0.05) is 18.9 Å². The minimum Gasteiger partial charge on any atom is -0.390 e. The van der Waals surface area contributed by atoms with E-state index in [0.717, 1.165) is 37.0 Å². The van der Waals surface area contributed by atoms with Crippen LogP contribution in [0.3, 0.4) is 0 Å². The zero-order valence-corrected chi connectivity index (χ0v) is 15.5. The van der Waals surface area contributed by atoms with Crippen LogP contribution in [0.25, 0.3) is 11.0 Å². The van der Waals surface area contributed by atoms with Gasteiger partial charge in [-0.3, -0.25) is 0 Å². The van der Waals surface area contributed by atoms with Crippen LogP contribution in [0.2, 0.25) is 0 Å². The summed E-state index contributed by atoms with van der Waals surface area (Å²) in [6, 6.07) is 3.84. The Kier molecular flexibility index (Phi) is 4.17. The average Bonchev–Trinajstić information content (AvgIpc) is 3.40. The van der Waals surface area contributed by atoms with E-state index in [2.05, 4.69) is 26.3 Å². The summed E-state index contributed by atoms with van der Waals surface area (Å²) in [4.78, 5) is 12.8. The van der Waals surface area contributed by atoms with Crippen molar-refractivity contribution in [2.24, 2.45) is 5.92 Å². The van der Waals surface area contributed by atoms with Crippen molar-refractivity contribution in [3.63, 3.8) is 0 Å². The summed E-state index contributed by atoms with van der Waals surface area (Å²) in [5.74, 6) is 1.43. The molecule has 1 aliphatic heterocycles. The fourth-order valence-corrected chi connectivity index (χ4v) is 4.63. The van der Waals surface area contributed by atoms with Crippen LogP contribution in [-0.2, 0) is 12.8 Å². The lowest BCUT2D eigenvalue weighted by Gasteiger charge is -2.19. The van der Waals surface area contributed by atoms with Crippen LogP contribution in [0.15, 0.2) is 30.9 Å². The highest BCUT2D eigenvalue weighted by Crippen LogP contribution is 2.39. The van der Waals surface area contributed by atoms with Gasteiger partial charge in [0.2, 0.25) is 0 Å². The number of hydrogen-bond acceptors (Lipinski definition) is 7. The molecule has 8 nitrogen and oxygen atoms in total. The van der Waals surface area contributed by atoms with Gasteiger partial charge in [-0.1, -0.05) is 6.07 Å². The molecule has 0 saturated heterocycles. The van der Waals surface area contributed by atoms with Gasteiger partial charge < -0.3 is 25.8 Å². The van der Waals surface area contributed by atoms with E-state index >= 15 is 0 Å². The second-order valence-electron chi connectivity index (χ2n) is 7.83. The van der Waals surface area contributed by atoms with Gasteiger partial charge in [0.1, 0.15) is 29.7 Å². The highest BCUT2D eigenvalue weighted by Gasteiger charge is 2.42. The molecule has 0 radical (unpaired) electrons. The number of aliphatic hydroxyl groups is 2. The lowest BCUT2D eigenvalue weighted by molar-refractivity contribution is 0.00545. The van der Waals surface area contributed by atoms with Crippen LogP contribution < -0.4 is 11.1 Å². The van der Waals surface area contributed by atoms with Crippen molar-refractivity contribution in [3.05, 3.63) is 42.0 Å². The van der Waals surface area contributed by atoms with Crippen molar-refractivity contribution >= 4 is 22.7 Å². The average molecular weight is 380 g/mol. The molecule has 2 aliphatic rings. The molecule has 0 spiro atoms. The van der Waals surface area contributed by atoms with E-state index in [9.17, 15) is 10.2 Å². The normalized spacial score (nSPS) is 26.5. The summed E-state index contributed by atoms with van der Waals surface area (Å²) in [6.07, 6.45) is 6.96. The molecule has 0 unspecified atom stereocenters. The van der Waals surface area contributed by atoms with E-state index in [0.29, 0.717) is 17.9 Å². The smallest absolute Gasteiger partial charge is 0.145 e. The van der Waals surface area contributed by atoms with Gasteiger partial charge in [-0.15, -0.1) is 0 Å². The van der Waals surface area contributed by atoms with Gasteiger partial charge in [-0.25, -0.2) is 15.0 Å². The second kappa shape index (κ2) is 6.72. The van der Waals surface area contributed by atoms with E-state index in [1.165, 1.54) is 17.5 Å². The Morgan fingerprint density at radius 2 is 2.11 bits per heavy atom. The van der Waals surface area contributed by atoms with Crippen LogP contribution in [0.5, 0.6) is 0 Å². The number of nitrogens with two attached hydrogens (primary N) is 1. The van der Waals surface area contributed by atoms with Crippen LogP contribution in [-0.4, -0.2) is 48.5 Å². The van der Waals surface area contributed by atoms with Gasteiger partial charge in [-0.2, -0.15) is 0 Å². The SMILES string of the molecule is Nc1ncnc2c1ccn2[C@@H]1C[C@H](CCc2cnc3c(c2)CCN3)[C@@H](O)[C@H]1O. The lowest BCUT2D eigenvalue weighted by Crippen LogP contribution is -2.29. The second-order valence-corrected chi connectivity index (χ2v) is 7.83. The molecule has 5 N–H and O–H groups in total. The van der Waals surface area contributed by atoms with Gasteiger partial charge in [0.05, 0.1) is 17.5 Å². The standard InChI is InChI=1S/C20H24N6O2/c21-18-14-4-6-26(20(14)25-10-24-18)15-8-12(16(27)17(15)28)2-1-11-7-13-3-5-22-19(13)23-9-11/h4,6-7,9-10,12,15-17,27-28H,1-3,5,8H2,(H,22,23)(H2,21,24,25)/t12-,15+,16+,17-/m0/s1. The third kappa shape index (κ3) is 2.80. The van der Waals surface area contributed by atoms with Gasteiger partial charge in [0.25, 0.3) is 0 Å². The summed E-state index contributed by atoms with van der Waals surface area (Å²) in [5, 5.41) is 25.4. The number of fused-ring (bicyclic) bond motifs is 2. The summed E-state index contributed by atoms with van der Waals surface area (Å²) in [7, 11) is 0. The van der Waals surface area contributed by atoms with Crippen molar-refractivity contribution in [3.8, 4) is 0 Å². The molecule has 4 heterocycles. The van der Waals surface area contributed by atoms with Crippen molar-refractivity contribution in [1.29, 1.82) is 0 Å². The van der Waals surface area contributed by atoms with E-state index in [-0.39, 0.29) is 12.0 Å². The maximum atomic E-state index is 10.7. The monoisotopic (exact) mass is 380 g/mol. The first-order valence-electron chi connectivity index (χ1n) is 9.76. The molecule has 3 aromatic rings. The van der Waals surface area contributed by atoms with E-state index in [1.807, 2.05) is 23.0 Å². The van der Waals surface area contributed by atoms with Crippen LogP contribution in [0.1, 0.15) is 30.0 Å². The van der Waals surface area contributed by atoms with Crippen molar-refractivity contribution in [2.45, 2.75) is 43.9 Å². The van der Waals surface area contributed by atoms with Crippen LogP contribution in [0.4, 0.5) is 11.6 Å². The maximum absolute atomic E-state index is 10.7. The molecule has 146 valence electrons. The number of anilines is 2. The quantitative estimate of drug-likeness (QED) is 0.538. The molecule has 4 atom stereocenters. The van der Waals surface area contributed by atoms with Crippen LogP contribution >= 0.6 is 0 Å². The fourth-order valence-electron chi connectivity index (χ4n) is 4.63. The molecule has 28 heavy (non-hydrogen) atoms. The van der Waals surface area contributed by atoms with E-state index in [1.54, 1.807) is 0 Å². The van der Waals surface area contributed by atoms with Crippen molar-refractivity contribution in [2.75, 3.05) is 17.6 Å². The molecule has 8 heteroatoms. The molecular formula is C20H24N6O2. The Labute approximate surface area is 162 Å². The topological polar surface area (TPSA) is 122 Å². The number of pyridine rings is 1. The summed E-state index contributed by atoms with van der Waals surface area (Å²) in [6.45, 7) is 0.944. The first-order chi connectivity index (χ1) is 13.6. The molecule has 1 saturated carbocycles. The minimum absolute atomic E-state index is 0.0167. The number of aryl methyl sites for hydroxylation is 1. The summed E-state index contributed by atoms with van der Waals surface area (Å²) < 4.78 is 1.92. The highest BCUT2D eigenvalue weighted by molar-refractivity contribution is 5.86. The van der Waals surface area contributed by atoms with E-state index in [4.69, 9.17) is 5.73 Å². The van der Waals surface area contributed by atoms with Crippen molar-refractivity contribution in [1.82, 2.24) is 19.5 Å². The lowest BCUT2D eigenvalue weighted by atomic mass is 9.96. The third-order valence-electron chi connectivity index (χ3n) is 6.18. The molecule has 0 amide bonds. The Morgan fingerprint density at radius 3 is 3.00 bits per heavy atom. The number of rotatable bonds is 4. The first kappa shape index (κ1) is 17.4. The van der Waals surface area contributed by atoms with Crippen molar-refractivity contribution < 1.29 is 10.2 Å². The zero-order valence-electron chi connectivity index (χ0n) is 15.5. The highest BCUT2D eigenvalue weighted by atomic mass is 16.3. The molecule has 0 bridgehead atoms. The molecular weight excluding hydrogens is 356 g/mol. The number of aliphatic hydroxyl groups excluding tert-OH is 2. The number of nitrogens with one attached hydrogen (secondary N) is 1. The Hall–Kier alpha value is -2.71. The molecule has 5 rings (SSSR count).